The van der Waals surface area contributed by atoms with Crippen LogP contribution in [0.1, 0.15) is 32.3 Å². The summed E-state index contributed by atoms with van der Waals surface area (Å²) < 4.78 is 31.6. The first-order chi connectivity index (χ1) is 12.8. The van der Waals surface area contributed by atoms with E-state index in [1.807, 2.05) is 6.07 Å². The Kier molecular flexibility index (Phi) is 6.40. The number of rotatable bonds is 7. The summed E-state index contributed by atoms with van der Waals surface area (Å²) in [6, 6.07) is 18.6. The summed E-state index contributed by atoms with van der Waals surface area (Å²) in [5.74, 6) is -1.43. The third-order valence-electron chi connectivity index (χ3n) is 4.57. The maximum absolute atomic E-state index is 13.2. The summed E-state index contributed by atoms with van der Waals surface area (Å²) >= 11 is 0. The van der Waals surface area contributed by atoms with Crippen molar-refractivity contribution in [2.75, 3.05) is 6.61 Å². The molecule has 0 spiro atoms. The average molecular weight is 385 g/mol. The van der Waals surface area contributed by atoms with Gasteiger partial charge < -0.3 is 4.74 Å². The minimum absolute atomic E-state index is 0.0529. The maximum atomic E-state index is 13.2. The van der Waals surface area contributed by atoms with E-state index in [1.165, 1.54) is 12.1 Å². The van der Waals surface area contributed by atoms with Gasteiger partial charge in [0, 0.05) is 5.92 Å². The fourth-order valence-electron chi connectivity index (χ4n) is 3.15. The second-order valence-electron chi connectivity index (χ2n) is 6.74. The molecule has 0 saturated carbocycles. The van der Waals surface area contributed by atoms with Gasteiger partial charge in [0.25, 0.3) is 0 Å². The molecule has 0 fully saturated rings. The van der Waals surface area contributed by atoms with Gasteiger partial charge in [0.15, 0.2) is 15.1 Å². The number of hydrogen-bond donors (Lipinski definition) is 0. The molecule has 0 unspecified atom stereocenters. The van der Waals surface area contributed by atoms with Crippen molar-refractivity contribution in [1.82, 2.24) is 0 Å². The monoisotopic (exact) mass is 385 g/mol. The predicted octanol–water partition coefficient (Wildman–Crippen LogP) is 3.73. The number of ether oxygens (including phenoxy) is 1. The Balaban J connectivity index is 2.65. The van der Waals surface area contributed by atoms with E-state index < -0.39 is 32.4 Å². The van der Waals surface area contributed by atoms with Crippen molar-refractivity contribution < 1.29 is 17.9 Å². The third kappa shape index (κ3) is 4.20. The number of esters is 1. The predicted molar refractivity (Wildman–Crippen MR) is 103 cm³/mol. The van der Waals surface area contributed by atoms with E-state index in [9.17, 15) is 18.5 Å². The van der Waals surface area contributed by atoms with Crippen molar-refractivity contribution in [3.63, 3.8) is 0 Å². The second-order valence-corrected chi connectivity index (χ2v) is 8.81. The highest BCUT2D eigenvalue weighted by Gasteiger charge is 2.48. The summed E-state index contributed by atoms with van der Waals surface area (Å²) in [6.45, 7) is 5.10. The molecular formula is C21H23NO4S. The van der Waals surface area contributed by atoms with Crippen LogP contribution in [0.5, 0.6) is 0 Å². The zero-order chi connectivity index (χ0) is 20.1. The van der Waals surface area contributed by atoms with E-state index >= 15 is 0 Å². The number of carbonyl (C=O) groups is 1. The number of carbonyl (C=O) groups excluding carboxylic acids is 1. The van der Waals surface area contributed by atoms with Crippen LogP contribution in [0.25, 0.3) is 0 Å². The quantitative estimate of drug-likeness (QED) is 0.678. The van der Waals surface area contributed by atoms with Crippen molar-refractivity contribution in [1.29, 1.82) is 5.26 Å². The first-order valence-corrected chi connectivity index (χ1v) is 10.2. The number of hydrogen-bond acceptors (Lipinski definition) is 5. The Morgan fingerprint density at radius 1 is 1.07 bits per heavy atom. The van der Waals surface area contributed by atoms with Crippen LogP contribution >= 0.6 is 0 Å². The topological polar surface area (TPSA) is 84.2 Å². The van der Waals surface area contributed by atoms with E-state index in [4.69, 9.17) is 4.74 Å². The van der Waals surface area contributed by atoms with Crippen LogP contribution in [0.2, 0.25) is 0 Å². The zero-order valence-corrected chi connectivity index (χ0v) is 16.4. The lowest BCUT2D eigenvalue weighted by molar-refractivity contribution is -0.154. The van der Waals surface area contributed by atoms with Crippen LogP contribution in [0, 0.1) is 16.7 Å². The lowest BCUT2D eigenvalue weighted by atomic mass is 9.73. The number of sulfone groups is 1. The van der Waals surface area contributed by atoms with Crippen molar-refractivity contribution in [2.24, 2.45) is 5.41 Å². The molecule has 0 N–H and O–H groups in total. The molecule has 2 aromatic rings. The smallest absolute Gasteiger partial charge is 0.312 e. The maximum Gasteiger partial charge on any atom is 0.312 e. The van der Waals surface area contributed by atoms with E-state index in [0.29, 0.717) is 5.56 Å². The third-order valence-corrected chi connectivity index (χ3v) is 6.55. The number of benzene rings is 2. The van der Waals surface area contributed by atoms with Crippen molar-refractivity contribution in [2.45, 2.75) is 36.8 Å². The van der Waals surface area contributed by atoms with Gasteiger partial charge in [-0.2, -0.15) is 5.26 Å². The fraction of sp³-hybridized carbons (Fsp3) is 0.333. The highest BCUT2D eigenvalue weighted by molar-refractivity contribution is 7.92. The Morgan fingerprint density at radius 3 is 2.07 bits per heavy atom. The molecule has 142 valence electrons. The summed E-state index contributed by atoms with van der Waals surface area (Å²) in [5.41, 5.74) is -0.624. The van der Waals surface area contributed by atoms with Crippen LogP contribution in [0.15, 0.2) is 65.6 Å². The molecule has 0 radical (unpaired) electrons. The highest BCUT2D eigenvalue weighted by Crippen LogP contribution is 2.43. The Bertz CT molecular complexity index is 916. The number of nitrogens with zero attached hydrogens (tertiary/aromatic N) is 1. The zero-order valence-electron chi connectivity index (χ0n) is 15.6. The van der Waals surface area contributed by atoms with E-state index in [-0.39, 0.29) is 11.5 Å². The molecule has 0 aliphatic heterocycles. The largest absolute Gasteiger partial charge is 0.466 e. The molecule has 2 aromatic carbocycles. The van der Waals surface area contributed by atoms with Crippen molar-refractivity contribution in [3.8, 4) is 6.07 Å². The molecule has 0 aliphatic carbocycles. The second kappa shape index (κ2) is 8.36. The highest BCUT2D eigenvalue weighted by atomic mass is 32.2. The van der Waals surface area contributed by atoms with Crippen LogP contribution in [0.4, 0.5) is 0 Å². The van der Waals surface area contributed by atoms with Crippen LogP contribution in [0.3, 0.4) is 0 Å². The molecule has 0 aliphatic rings. The molecule has 27 heavy (non-hydrogen) atoms. The summed E-state index contributed by atoms with van der Waals surface area (Å²) in [4.78, 5) is 12.7. The fourth-order valence-corrected chi connectivity index (χ4v) is 4.98. The van der Waals surface area contributed by atoms with Gasteiger partial charge in [-0.15, -0.1) is 0 Å². The Hall–Kier alpha value is -2.65. The molecule has 5 nitrogen and oxygen atoms in total. The standard InChI is InChI=1S/C21H23NO4S/c1-4-26-20(23)21(2,3)19(16-11-7-5-8-12-16)18(15-22)27(24,25)17-13-9-6-10-14-17/h5-14,18-19H,4H2,1-3H3/t18-,19-/m0/s1. The van der Waals surface area contributed by atoms with Gasteiger partial charge in [0.05, 0.1) is 23.0 Å². The van der Waals surface area contributed by atoms with Gasteiger partial charge >= 0.3 is 5.97 Å². The SMILES string of the molecule is CCOC(=O)C(C)(C)[C@@H](c1ccccc1)[C@H](C#N)S(=O)(=O)c1ccccc1. The van der Waals surface area contributed by atoms with Crippen molar-refractivity contribution in [3.05, 3.63) is 66.2 Å². The Morgan fingerprint density at radius 2 is 1.59 bits per heavy atom. The van der Waals surface area contributed by atoms with Crippen LogP contribution < -0.4 is 0 Å². The Labute approximate surface area is 160 Å². The molecular weight excluding hydrogens is 362 g/mol. The first-order valence-electron chi connectivity index (χ1n) is 8.67. The van der Waals surface area contributed by atoms with E-state index in [1.54, 1.807) is 69.3 Å². The van der Waals surface area contributed by atoms with Gasteiger partial charge in [0.2, 0.25) is 0 Å². The molecule has 6 heteroatoms. The van der Waals surface area contributed by atoms with Gasteiger partial charge in [-0.1, -0.05) is 48.5 Å². The van der Waals surface area contributed by atoms with Gasteiger partial charge in [0.1, 0.15) is 0 Å². The minimum atomic E-state index is -4.00. The molecule has 0 saturated heterocycles. The molecule has 0 heterocycles. The summed E-state index contributed by atoms with van der Waals surface area (Å²) in [6.07, 6.45) is 0. The van der Waals surface area contributed by atoms with E-state index in [0.717, 1.165) is 0 Å². The number of nitriles is 1. The summed E-state index contributed by atoms with van der Waals surface area (Å²) in [5, 5.41) is 8.41. The molecule has 2 atom stereocenters. The summed E-state index contributed by atoms with van der Waals surface area (Å²) in [7, 11) is -4.00. The lowest BCUT2D eigenvalue weighted by Crippen LogP contribution is -2.42. The lowest BCUT2D eigenvalue weighted by Gasteiger charge is -2.35. The van der Waals surface area contributed by atoms with Crippen LogP contribution in [-0.4, -0.2) is 26.2 Å². The van der Waals surface area contributed by atoms with Crippen molar-refractivity contribution >= 4 is 15.8 Å². The molecule has 0 bridgehead atoms. The molecule has 0 amide bonds. The van der Waals surface area contributed by atoms with Crippen LogP contribution in [-0.2, 0) is 19.4 Å². The minimum Gasteiger partial charge on any atom is -0.466 e. The first kappa shape index (κ1) is 20.7. The van der Waals surface area contributed by atoms with Gasteiger partial charge in [-0.3, -0.25) is 4.79 Å². The molecule has 0 aromatic heterocycles. The molecule has 2 rings (SSSR count). The van der Waals surface area contributed by atoms with Gasteiger partial charge in [-0.05, 0) is 38.5 Å². The van der Waals surface area contributed by atoms with E-state index in [2.05, 4.69) is 0 Å². The van der Waals surface area contributed by atoms with Gasteiger partial charge in [-0.25, -0.2) is 8.42 Å². The average Bonchev–Trinajstić information content (AvgIpc) is 2.67. The normalized spacial score (nSPS) is 14.0.